The number of benzene rings is 1. The molecule has 2 aromatic rings. The summed E-state index contributed by atoms with van der Waals surface area (Å²) in [6.45, 7) is 10.2. The van der Waals surface area contributed by atoms with Crippen LogP contribution in [0.4, 0.5) is 17.6 Å². The minimum Gasteiger partial charge on any atom is -0.378 e. The van der Waals surface area contributed by atoms with Gasteiger partial charge in [-0.05, 0) is 43.5 Å². The van der Waals surface area contributed by atoms with E-state index in [1.807, 2.05) is 0 Å². The molecule has 1 atom stereocenters. The maximum atomic E-state index is 5.53. The van der Waals surface area contributed by atoms with Crippen LogP contribution in [0.3, 0.4) is 0 Å². The molecule has 0 bridgehead atoms. The number of piperidine rings is 1. The largest absolute Gasteiger partial charge is 0.378 e. The lowest BCUT2D eigenvalue weighted by molar-refractivity contribution is 0.122. The number of hydrogen-bond donors (Lipinski definition) is 2. The Hall–Kier alpha value is -2.45. The molecule has 2 N–H and O–H groups in total. The molecule has 2 saturated heterocycles. The highest BCUT2D eigenvalue weighted by molar-refractivity contribution is 7.80. The maximum absolute atomic E-state index is 5.53. The van der Waals surface area contributed by atoms with Gasteiger partial charge >= 0.3 is 0 Å². The fourth-order valence-corrected chi connectivity index (χ4v) is 4.19. The number of anilines is 3. The van der Waals surface area contributed by atoms with Crippen LogP contribution in [0.1, 0.15) is 30.9 Å². The Morgan fingerprint density at radius 2 is 1.81 bits per heavy atom. The average molecular weight is 441 g/mol. The molecule has 0 amide bonds. The number of morpholine rings is 1. The van der Waals surface area contributed by atoms with Gasteiger partial charge in [0.25, 0.3) is 0 Å². The third-order valence-corrected chi connectivity index (χ3v) is 6.06. The van der Waals surface area contributed by atoms with Crippen LogP contribution in [-0.2, 0) is 11.3 Å². The maximum Gasteiger partial charge on any atom is 0.232 e. The quantitative estimate of drug-likeness (QED) is 0.687. The minimum atomic E-state index is 0.526. The predicted octanol–water partition coefficient (Wildman–Crippen LogP) is 3.34. The van der Waals surface area contributed by atoms with E-state index in [1.54, 1.807) is 0 Å². The zero-order valence-corrected chi connectivity index (χ0v) is 19.2. The monoisotopic (exact) mass is 440 g/mol. The van der Waals surface area contributed by atoms with Crippen molar-refractivity contribution in [3.63, 3.8) is 0 Å². The molecule has 8 heteroatoms. The minimum absolute atomic E-state index is 0.526. The topological polar surface area (TPSA) is 65.6 Å². The van der Waals surface area contributed by atoms with Gasteiger partial charge < -0.3 is 25.2 Å². The fourth-order valence-electron chi connectivity index (χ4n) is 4.03. The Bertz CT molecular complexity index is 884. The molecule has 0 spiro atoms. The van der Waals surface area contributed by atoms with E-state index in [9.17, 15) is 0 Å². The standard InChI is InChI=1S/C23H32N6OS/c1-17-5-7-19(8-6-17)15-24-23(31)27-22-25-20(28-10-12-30-13-11-28)14-21(26-22)29-9-3-4-18(2)16-29/h5-8,14,18H,3-4,9-13,15-16H2,1-2H3,(H2,24,25,26,27,31)/t18-/m0/s1. The van der Waals surface area contributed by atoms with Gasteiger partial charge in [-0.2, -0.15) is 9.97 Å². The molecular formula is C23H32N6OS. The molecule has 0 saturated carbocycles. The summed E-state index contributed by atoms with van der Waals surface area (Å²) in [6.07, 6.45) is 2.47. The van der Waals surface area contributed by atoms with E-state index in [4.69, 9.17) is 26.9 Å². The predicted molar refractivity (Wildman–Crippen MR) is 130 cm³/mol. The molecule has 166 valence electrons. The van der Waals surface area contributed by atoms with Crippen LogP contribution in [0.5, 0.6) is 0 Å². The fraction of sp³-hybridized carbons (Fsp3) is 0.522. The number of thiocarbonyl (C=S) groups is 1. The van der Waals surface area contributed by atoms with Crippen LogP contribution in [0.2, 0.25) is 0 Å². The van der Waals surface area contributed by atoms with Crippen molar-refractivity contribution in [1.29, 1.82) is 0 Å². The van der Waals surface area contributed by atoms with Crippen molar-refractivity contribution in [2.75, 3.05) is 54.5 Å². The van der Waals surface area contributed by atoms with Gasteiger partial charge in [-0.15, -0.1) is 0 Å². The van der Waals surface area contributed by atoms with Crippen LogP contribution < -0.4 is 20.4 Å². The van der Waals surface area contributed by atoms with Crippen LogP contribution in [0.15, 0.2) is 30.3 Å². The lowest BCUT2D eigenvalue weighted by atomic mass is 10.0. The van der Waals surface area contributed by atoms with Crippen molar-refractivity contribution in [3.05, 3.63) is 41.5 Å². The molecule has 1 aromatic heterocycles. The number of hydrogen-bond acceptors (Lipinski definition) is 6. The summed E-state index contributed by atoms with van der Waals surface area (Å²) in [5, 5.41) is 7.00. The van der Waals surface area contributed by atoms with Gasteiger partial charge in [0.05, 0.1) is 13.2 Å². The molecular weight excluding hydrogens is 408 g/mol. The van der Waals surface area contributed by atoms with Gasteiger partial charge in [-0.3, -0.25) is 0 Å². The third kappa shape index (κ3) is 6.04. The van der Waals surface area contributed by atoms with E-state index < -0.39 is 0 Å². The highest BCUT2D eigenvalue weighted by Gasteiger charge is 2.21. The Morgan fingerprint density at radius 3 is 2.52 bits per heavy atom. The van der Waals surface area contributed by atoms with Crippen molar-refractivity contribution >= 4 is 34.9 Å². The molecule has 31 heavy (non-hydrogen) atoms. The second kappa shape index (κ2) is 10.2. The number of nitrogens with one attached hydrogen (secondary N) is 2. The van der Waals surface area contributed by atoms with E-state index in [0.29, 0.717) is 23.5 Å². The number of rotatable bonds is 5. The summed E-state index contributed by atoms with van der Waals surface area (Å²) in [7, 11) is 0. The first-order valence-corrected chi connectivity index (χ1v) is 11.5. The summed E-state index contributed by atoms with van der Waals surface area (Å²) in [5.41, 5.74) is 2.43. The van der Waals surface area contributed by atoms with E-state index in [2.05, 4.69) is 64.6 Å². The number of ether oxygens (including phenoxy) is 1. The van der Waals surface area contributed by atoms with E-state index in [1.165, 1.54) is 24.0 Å². The summed E-state index contributed by atoms with van der Waals surface area (Å²) >= 11 is 5.53. The SMILES string of the molecule is Cc1ccc(CNC(=S)Nc2nc(N3CCOCC3)cc(N3CCC[C@H](C)C3)n2)cc1. The third-order valence-electron chi connectivity index (χ3n) is 5.81. The molecule has 0 radical (unpaired) electrons. The van der Waals surface area contributed by atoms with Gasteiger partial charge in [-0.25, -0.2) is 0 Å². The molecule has 7 nitrogen and oxygen atoms in total. The van der Waals surface area contributed by atoms with Crippen LogP contribution in [-0.4, -0.2) is 54.5 Å². The van der Waals surface area contributed by atoms with Crippen molar-refractivity contribution in [2.24, 2.45) is 5.92 Å². The number of aromatic nitrogens is 2. The average Bonchev–Trinajstić information content (AvgIpc) is 2.79. The summed E-state index contributed by atoms with van der Waals surface area (Å²) < 4.78 is 5.52. The molecule has 0 unspecified atom stereocenters. The van der Waals surface area contributed by atoms with Crippen LogP contribution >= 0.6 is 12.2 Å². The van der Waals surface area contributed by atoms with Gasteiger partial charge in [-0.1, -0.05) is 36.8 Å². The van der Waals surface area contributed by atoms with Crippen molar-refractivity contribution < 1.29 is 4.74 Å². The Morgan fingerprint density at radius 1 is 1.10 bits per heavy atom. The van der Waals surface area contributed by atoms with Gasteiger partial charge in [0.1, 0.15) is 11.6 Å². The summed E-state index contributed by atoms with van der Waals surface area (Å²) in [4.78, 5) is 14.2. The Labute approximate surface area is 190 Å². The molecule has 3 heterocycles. The van der Waals surface area contributed by atoms with Crippen LogP contribution in [0, 0.1) is 12.8 Å². The van der Waals surface area contributed by atoms with E-state index in [0.717, 1.165) is 51.0 Å². The Balaban J connectivity index is 1.48. The van der Waals surface area contributed by atoms with Crippen molar-refractivity contribution in [1.82, 2.24) is 15.3 Å². The number of aryl methyl sites for hydroxylation is 1. The summed E-state index contributed by atoms with van der Waals surface area (Å²) in [5.74, 6) is 3.10. The first-order chi connectivity index (χ1) is 15.1. The first-order valence-electron chi connectivity index (χ1n) is 11.1. The lowest BCUT2D eigenvalue weighted by Gasteiger charge is -2.33. The van der Waals surface area contributed by atoms with Crippen LogP contribution in [0.25, 0.3) is 0 Å². The lowest BCUT2D eigenvalue weighted by Crippen LogP contribution is -2.38. The van der Waals surface area contributed by atoms with Crippen molar-refractivity contribution in [3.8, 4) is 0 Å². The molecule has 1 aromatic carbocycles. The van der Waals surface area contributed by atoms with Gasteiger partial charge in [0.15, 0.2) is 5.11 Å². The highest BCUT2D eigenvalue weighted by Crippen LogP contribution is 2.26. The Kier molecular flexibility index (Phi) is 7.19. The highest BCUT2D eigenvalue weighted by atomic mass is 32.1. The summed E-state index contributed by atoms with van der Waals surface area (Å²) in [6, 6.07) is 10.5. The number of nitrogens with zero attached hydrogens (tertiary/aromatic N) is 4. The first kappa shape index (κ1) is 21.8. The zero-order chi connectivity index (χ0) is 21.6. The molecule has 2 aliphatic heterocycles. The second-order valence-electron chi connectivity index (χ2n) is 8.49. The molecule has 4 rings (SSSR count). The molecule has 2 fully saturated rings. The van der Waals surface area contributed by atoms with Gasteiger partial charge in [0.2, 0.25) is 5.95 Å². The second-order valence-corrected chi connectivity index (χ2v) is 8.90. The molecule has 2 aliphatic rings. The van der Waals surface area contributed by atoms with Crippen molar-refractivity contribution in [2.45, 2.75) is 33.2 Å². The zero-order valence-electron chi connectivity index (χ0n) is 18.4. The van der Waals surface area contributed by atoms with E-state index >= 15 is 0 Å². The smallest absolute Gasteiger partial charge is 0.232 e. The van der Waals surface area contributed by atoms with Gasteiger partial charge in [0, 0.05) is 38.8 Å². The normalized spacial score (nSPS) is 19.2. The van der Waals surface area contributed by atoms with E-state index in [-0.39, 0.29) is 0 Å². The molecule has 0 aliphatic carbocycles.